The molecule has 0 heterocycles. The number of fused-ring (bicyclic) bond motifs is 2. The van der Waals surface area contributed by atoms with Gasteiger partial charge in [0.05, 0.1) is 0 Å². The number of nitrogens with one attached hydrogen (secondary N) is 1. The minimum absolute atomic E-state index is 0.568. The Morgan fingerprint density at radius 1 is 1.00 bits per heavy atom. The van der Waals surface area contributed by atoms with E-state index in [4.69, 9.17) is 4.84 Å². The maximum Gasteiger partial charge on any atom is 0.433 e. The molecule has 2 aromatic rings. The zero-order valence-electron chi connectivity index (χ0n) is 11.8. The highest BCUT2D eigenvalue weighted by Crippen LogP contribution is 2.25. The summed E-state index contributed by atoms with van der Waals surface area (Å²) in [7, 11) is 1.51. The van der Waals surface area contributed by atoms with Gasteiger partial charge in [-0.25, -0.2) is 4.79 Å². The van der Waals surface area contributed by atoms with Crippen molar-refractivity contribution >= 4 is 11.8 Å². The molecule has 0 spiro atoms. The zero-order chi connectivity index (χ0) is 14.7. The van der Waals surface area contributed by atoms with Gasteiger partial charge in [0.1, 0.15) is 5.71 Å². The lowest BCUT2D eigenvalue weighted by molar-refractivity contribution is 0.153. The van der Waals surface area contributed by atoms with Gasteiger partial charge < -0.3 is 5.32 Å². The third-order valence-electron chi connectivity index (χ3n) is 3.63. The van der Waals surface area contributed by atoms with Crippen molar-refractivity contribution in [2.75, 3.05) is 7.05 Å². The molecule has 0 aromatic heterocycles. The van der Waals surface area contributed by atoms with Crippen LogP contribution in [-0.2, 0) is 17.7 Å². The van der Waals surface area contributed by atoms with E-state index in [9.17, 15) is 4.79 Å². The maximum absolute atomic E-state index is 11.3. The van der Waals surface area contributed by atoms with E-state index < -0.39 is 6.09 Å². The molecule has 0 atom stereocenters. The molecule has 0 bridgehead atoms. The van der Waals surface area contributed by atoms with Gasteiger partial charge in [0.25, 0.3) is 0 Å². The molecule has 0 fully saturated rings. The fraction of sp³-hybridized carbons (Fsp3) is 0.176. The molecular weight excluding hydrogens is 264 g/mol. The molecule has 0 aliphatic heterocycles. The quantitative estimate of drug-likeness (QED) is 0.645. The molecule has 21 heavy (non-hydrogen) atoms. The molecule has 106 valence electrons. The third-order valence-corrected chi connectivity index (χ3v) is 3.63. The number of nitrogens with zero attached hydrogens (tertiary/aromatic N) is 1. The molecule has 1 aliphatic rings. The highest BCUT2D eigenvalue weighted by molar-refractivity contribution is 6.14. The second-order valence-corrected chi connectivity index (χ2v) is 4.88. The van der Waals surface area contributed by atoms with Crippen LogP contribution in [0, 0.1) is 0 Å². The van der Waals surface area contributed by atoms with Crippen molar-refractivity contribution in [3.8, 4) is 0 Å². The second kappa shape index (κ2) is 5.79. The first-order valence-electron chi connectivity index (χ1n) is 6.93. The van der Waals surface area contributed by atoms with Crippen LogP contribution in [0.15, 0.2) is 53.7 Å². The number of hydrogen-bond donors (Lipinski definition) is 1. The van der Waals surface area contributed by atoms with Crippen LogP contribution in [0.5, 0.6) is 0 Å². The molecule has 1 aliphatic carbocycles. The lowest BCUT2D eigenvalue weighted by atomic mass is 9.98. The van der Waals surface area contributed by atoms with E-state index in [-0.39, 0.29) is 0 Å². The molecule has 1 amide bonds. The third kappa shape index (κ3) is 2.65. The Kier molecular flexibility index (Phi) is 3.69. The Morgan fingerprint density at radius 3 is 2.05 bits per heavy atom. The van der Waals surface area contributed by atoms with Gasteiger partial charge in [-0.2, -0.15) is 0 Å². The Labute approximate surface area is 123 Å². The van der Waals surface area contributed by atoms with E-state index >= 15 is 0 Å². The Bertz CT molecular complexity index is 658. The highest BCUT2D eigenvalue weighted by Gasteiger charge is 2.19. The lowest BCUT2D eigenvalue weighted by Crippen LogP contribution is -2.18. The monoisotopic (exact) mass is 280 g/mol. The molecule has 0 unspecified atom stereocenters. The number of aryl methyl sites for hydroxylation is 2. The van der Waals surface area contributed by atoms with Crippen LogP contribution in [0.4, 0.5) is 4.79 Å². The van der Waals surface area contributed by atoms with Gasteiger partial charge in [-0.1, -0.05) is 53.7 Å². The van der Waals surface area contributed by atoms with Crippen molar-refractivity contribution in [2.45, 2.75) is 12.8 Å². The van der Waals surface area contributed by atoms with E-state index in [1.54, 1.807) is 0 Å². The number of carbonyl (C=O) groups excluding carboxylic acids is 1. The van der Waals surface area contributed by atoms with Crippen LogP contribution >= 0.6 is 0 Å². The fourth-order valence-corrected chi connectivity index (χ4v) is 2.58. The highest BCUT2D eigenvalue weighted by atomic mass is 16.7. The minimum Gasteiger partial charge on any atom is -0.323 e. The first-order valence-corrected chi connectivity index (χ1v) is 6.93. The molecule has 1 N–H and O–H groups in total. The first kappa shape index (κ1) is 13.4. The summed E-state index contributed by atoms with van der Waals surface area (Å²) in [6.45, 7) is 0. The summed E-state index contributed by atoms with van der Waals surface area (Å²) in [5.74, 6) is 0. The maximum atomic E-state index is 11.3. The van der Waals surface area contributed by atoms with Gasteiger partial charge in [-0.3, -0.25) is 4.84 Å². The number of benzene rings is 2. The minimum atomic E-state index is -0.568. The molecule has 0 saturated heterocycles. The average molecular weight is 280 g/mol. The van der Waals surface area contributed by atoms with Crippen LogP contribution in [-0.4, -0.2) is 18.9 Å². The Balaban J connectivity index is 2.13. The summed E-state index contributed by atoms with van der Waals surface area (Å²) in [4.78, 5) is 16.3. The molecule has 0 saturated carbocycles. The summed E-state index contributed by atoms with van der Waals surface area (Å²) in [6, 6.07) is 16.2. The van der Waals surface area contributed by atoms with Crippen LogP contribution in [0.1, 0.15) is 22.3 Å². The van der Waals surface area contributed by atoms with Gasteiger partial charge in [0.15, 0.2) is 0 Å². The summed E-state index contributed by atoms with van der Waals surface area (Å²) in [5, 5.41) is 6.50. The SMILES string of the molecule is CNC(=O)ON=C1c2ccccc2CCc2ccccc21. The summed E-state index contributed by atoms with van der Waals surface area (Å²) >= 11 is 0. The van der Waals surface area contributed by atoms with Crippen LogP contribution < -0.4 is 5.32 Å². The average Bonchev–Trinajstić information content (AvgIpc) is 2.69. The standard InChI is InChI=1S/C17H16N2O2/c1-18-17(20)21-19-16-14-8-4-2-6-12(14)10-11-13-7-3-5-9-15(13)16/h2-9H,10-11H2,1H3,(H,18,20). The van der Waals surface area contributed by atoms with Crippen LogP contribution in [0.2, 0.25) is 0 Å². The Morgan fingerprint density at radius 2 is 1.52 bits per heavy atom. The molecule has 2 aromatic carbocycles. The van der Waals surface area contributed by atoms with E-state index in [0.717, 1.165) is 24.0 Å². The predicted molar refractivity (Wildman–Crippen MR) is 81.5 cm³/mol. The van der Waals surface area contributed by atoms with Crippen LogP contribution in [0.25, 0.3) is 0 Å². The normalized spacial score (nSPS) is 12.7. The molecule has 0 radical (unpaired) electrons. The summed E-state index contributed by atoms with van der Waals surface area (Å²) in [5.41, 5.74) is 5.18. The van der Waals surface area contributed by atoms with Gasteiger partial charge in [-0.05, 0) is 24.0 Å². The molecular formula is C17H16N2O2. The van der Waals surface area contributed by atoms with E-state index in [1.807, 2.05) is 36.4 Å². The second-order valence-electron chi connectivity index (χ2n) is 4.88. The predicted octanol–water partition coefficient (Wildman–Crippen LogP) is 2.89. The van der Waals surface area contributed by atoms with Gasteiger partial charge in [0.2, 0.25) is 0 Å². The number of carbonyl (C=O) groups is 1. The molecule has 3 rings (SSSR count). The lowest BCUT2D eigenvalue weighted by Gasteiger charge is -2.09. The van der Waals surface area contributed by atoms with Crippen molar-refractivity contribution in [2.24, 2.45) is 5.16 Å². The zero-order valence-corrected chi connectivity index (χ0v) is 11.8. The summed E-state index contributed by atoms with van der Waals surface area (Å²) < 4.78 is 0. The van der Waals surface area contributed by atoms with Crippen molar-refractivity contribution in [1.29, 1.82) is 0 Å². The van der Waals surface area contributed by atoms with Crippen LogP contribution in [0.3, 0.4) is 0 Å². The van der Waals surface area contributed by atoms with Crippen molar-refractivity contribution in [3.63, 3.8) is 0 Å². The number of rotatable bonds is 1. The van der Waals surface area contributed by atoms with Gasteiger partial charge >= 0.3 is 6.09 Å². The first-order chi connectivity index (χ1) is 10.3. The molecule has 4 heteroatoms. The largest absolute Gasteiger partial charge is 0.433 e. The smallest absolute Gasteiger partial charge is 0.323 e. The molecule has 4 nitrogen and oxygen atoms in total. The van der Waals surface area contributed by atoms with Crippen molar-refractivity contribution in [1.82, 2.24) is 5.32 Å². The van der Waals surface area contributed by atoms with E-state index in [2.05, 4.69) is 22.6 Å². The number of oxime groups is 1. The van der Waals surface area contributed by atoms with Crippen molar-refractivity contribution < 1.29 is 9.63 Å². The number of hydrogen-bond acceptors (Lipinski definition) is 3. The fourth-order valence-electron chi connectivity index (χ4n) is 2.58. The topological polar surface area (TPSA) is 50.7 Å². The van der Waals surface area contributed by atoms with E-state index in [0.29, 0.717) is 5.71 Å². The van der Waals surface area contributed by atoms with Gasteiger partial charge in [0, 0.05) is 18.2 Å². The van der Waals surface area contributed by atoms with Crippen molar-refractivity contribution in [3.05, 3.63) is 70.8 Å². The van der Waals surface area contributed by atoms with Gasteiger partial charge in [-0.15, -0.1) is 0 Å². The summed E-state index contributed by atoms with van der Waals surface area (Å²) in [6.07, 6.45) is 1.33. The van der Waals surface area contributed by atoms with E-state index in [1.165, 1.54) is 18.2 Å². The Hall–Kier alpha value is -2.62. The number of amides is 1.